The van der Waals surface area contributed by atoms with Crippen molar-refractivity contribution >= 4 is 34.7 Å². The molecule has 0 spiro atoms. The molecule has 0 radical (unpaired) electrons. The Balaban J connectivity index is 1.55. The lowest BCUT2D eigenvalue weighted by Crippen LogP contribution is -2.55. The molecule has 0 aromatic heterocycles. The number of hydrogen-bond acceptors (Lipinski definition) is 4. The minimum absolute atomic E-state index is 0.0735. The second-order valence-corrected chi connectivity index (χ2v) is 11.6. The molecule has 206 valence electrons. The third-order valence-electron chi connectivity index (χ3n) is 7.92. The van der Waals surface area contributed by atoms with Crippen molar-refractivity contribution in [2.45, 2.75) is 22.3 Å². The summed E-state index contributed by atoms with van der Waals surface area (Å²) in [6, 6.07) is 46.2. The summed E-state index contributed by atoms with van der Waals surface area (Å²) in [6.45, 7) is 0. The number of carbonyl (C=O) groups is 1. The zero-order chi connectivity index (χ0) is 28.5. The van der Waals surface area contributed by atoms with E-state index in [1.54, 1.807) is 18.9 Å². The van der Waals surface area contributed by atoms with Gasteiger partial charge in [-0.25, -0.2) is 0 Å². The molecular weight excluding hydrogens is 538 g/mol. The topological polar surface area (TPSA) is 38.8 Å². The minimum Gasteiger partial charge on any atom is -0.496 e. The summed E-state index contributed by atoms with van der Waals surface area (Å²) < 4.78 is 13.2. The summed E-state index contributed by atoms with van der Waals surface area (Å²) >= 11 is 1.74. The van der Waals surface area contributed by atoms with Crippen molar-refractivity contribution in [1.29, 1.82) is 0 Å². The lowest BCUT2D eigenvalue weighted by molar-refractivity contribution is -0.120. The predicted octanol–water partition coefficient (Wildman–Crippen LogP) is 8.72. The van der Waals surface area contributed by atoms with Gasteiger partial charge in [-0.05, 0) is 23.8 Å². The van der Waals surface area contributed by atoms with Crippen LogP contribution in [0.15, 0.2) is 144 Å². The van der Waals surface area contributed by atoms with Crippen LogP contribution in [0.2, 0.25) is 0 Å². The van der Waals surface area contributed by atoms with Crippen molar-refractivity contribution in [3.63, 3.8) is 0 Å². The molecule has 0 bridgehead atoms. The Labute approximate surface area is 250 Å². The van der Waals surface area contributed by atoms with E-state index < -0.39 is 5.72 Å². The summed E-state index contributed by atoms with van der Waals surface area (Å²) in [5.41, 5.74) is 3.89. The quantitative estimate of drug-likeness (QED) is 0.213. The zero-order valence-corrected chi connectivity index (χ0v) is 24.0. The Bertz CT molecular complexity index is 1770. The van der Waals surface area contributed by atoms with Gasteiger partial charge in [-0.1, -0.05) is 121 Å². The van der Waals surface area contributed by atoms with E-state index in [2.05, 4.69) is 24.3 Å². The fourth-order valence-electron chi connectivity index (χ4n) is 6.03. The number of thioether (sulfide) groups is 1. The Hall–Kier alpha value is -4.74. The monoisotopic (exact) mass is 567 g/mol. The molecule has 0 unspecified atom stereocenters. The third kappa shape index (κ3) is 4.38. The van der Waals surface area contributed by atoms with Gasteiger partial charge in [0, 0.05) is 33.3 Å². The van der Waals surface area contributed by atoms with Crippen LogP contribution in [-0.2, 0) is 15.3 Å². The normalized spacial score (nSPS) is 19.8. The first-order valence-corrected chi connectivity index (χ1v) is 14.9. The van der Waals surface area contributed by atoms with Gasteiger partial charge in [-0.2, -0.15) is 0 Å². The molecule has 0 fully saturated rings. The fraction of sp³-hybridized carbons (Fsp3) is 0.108. The summed E-state index contributed by atoms with van der Waals surface area (Å²) in [4.78, 5) is 18.1. The van der Waals surface area contributed by atoms with Crippen molar-refractivity contribution < 1.29 is 14.3 Å². The van der Waals surface area contributed by atoms with Crippen molar-refractivity contribution in [3.05, 3.63) is 162 Å². The van der Waals surface area contributed by atoms with Crippen LogP contribution >= 0.6 is 11.8 Å². The number of carbonyl (C=O) groups excluding carboxylic acids is 1. The number of methoxy groups -OCH3 is 1. The van der Waals surface area contributed by atoms with E-state index in [1.165, 1.54) is 0 Å². The minimum atomic E-state index is -1.13. The number of hydrogen-bond donors (Lipinski definition) is 0. The van der Waals surface area contributed by atoms with Gasteiger partial charge in [0.05, 0.1) is 18.4 Å². The molecule has 1 amide bonds. The van der Waals surface area contributed by atoms with Crippen LogP contribution in [0.3, 0.4) is 0 Å². The van der Waals surface area contributed by atoms with Gasteiger partial charge in [-0.15, -0.1) is 11.8 Å². The average molecular weight is 568 g/mol. The lowest BCUT2D eigenvalue weighted by Gasteiger charge is -2.48. The third-order valence-corrected chi connectivity index (χ3v) is 9.23. The number of benzene rings is 5. The van der Waals surface area contributed by atoms with Gasteiger partial charge in [0.2, 0.25) is 5.72 Å². The van der Waals surface area contributed by atoms with Gasteiger partial charge >= 0.3 is 0 Å². The first-order valence-electron chi connectivity index (χ1n) is 14.0. The molecule has 7 rings (SSSR count). The van der Waals surface area contributed by atoms with Crippen molar-refractivity contribution in [2.75, 3.05) is 12.0 Å². The highest BCUT2D eigenvalue weighted by molar-refractivity contribution is 7.99. The SMILES string of the molecule is COc1ccccc1[C@@H]1C[C@@]2(c3ccccc3)OC(c3ccccc3)=C(c3ccccc3)C(=O)N2c2ccccc2S1. The van der Waals surface area contributed by atoms with Crippen molar-refractivity contribution in [1.82, 2.24) is 0 Å². The summed E-state index contributed by atoms with van der Waals surface area (Å²) in [6.07, 6.45) is 0.501. The highest BCUT2D eigenvalue weighted by Crippen LogP contribution is 2.58. The molecular formula is C37H29NO3S. The number of rotatable bonds is 5. The number of amides is 1. The number of fused-ring (bicyclic) bond motifs is 3. The molecule has 2 atom stereocenters. The molecule has 0 saturated carbocycles. The van der Waals surface area contributed by atoms with Crippen LogP contribution in [0.1, 0.15) is 33.9 Å². The predicted molar refractivity (Wildman–Crippen MR) is 169 cm³/mol. The van der Waals surface area contributed by atoms with E-state index in [1.807, 2.05) is 120 Å². The summed E-state index contributed by atoms with van der Waals surface area (Å²) in [7, 11) is 1.70. The van der Waals surface area contributed by atoms with Gasteiger partial charge < -0.3 is 9.47 Å². The molecule has 0 aliphatic carbocycles. The maximum absolute atomic E-state index is 15.2. The molecule has 2 heterocycles. The Morgan fingerprint density at radius 1 is 0.738 bits per heavy atom. The van der Waals surface area contributed by atoms with E-state index in [-0.39, 0.29) is 11.2 Å². The molecule has 5 aromatic rings. The molecule has 42 heavy (non-hydrogen) atoms. The smallest absolute Gasteiger partial charge is 0.266 e. The maximum Gasteiger partial charge on any atom is 0.266 e. The summed E-state index contributed by atoms with van der Waals surface area (Å²) in [5.74, 6) is 1.30. The number of anilines is 1. The van der Waals surface area contributed by atoms with Crippen molar-refractivity contribution in [2.24, 2.45) is 0 Å². The molecule has 2 aliphatic heterocycles. The van der Waals surface area contributed by atoms with Gasteiger partial charge in [-0.3, -0.25) is 9.69 Å². The summed E-state index contributed by atoms with van der Waals surface area (Å²) in [5, 5.41) is -0.0735. The number of nitrogens with zero attached hydrogens (tertiary/aromatic N) is 1. The molecule has 0 N–H and O–H groups in total. The molecule has 2 aliphatic rings. The standard InChI is InChI=1S/C37H29NO3S/c1-40-31-23-13-11-21-29(31)33-25-37(28-19-9-4-10-20-28)38(30-22-12-14-24-32(30)42-33)36(39)34(26-15-5-2-6-16-26)35(41-37)27-17-7-3-8-18-27/h2-24,33H,25H2,1H3/t33-,37-/m0/s1. The number of para-hydroxylation sites is 2. The molecule has 5 heteroatoms. The highest BCUT2D eigenvalue weighted by Gasteiger charge is 2.54. The molecule has 5 aromatic carbocycles. The number of ether oxygens (including phenoxy) is 2. The van der Waals surface area contributed by atoms with Crippen LogP contribution in [0.25, 0.3) is 11.3 Å². The van der Waals surface area contributed by atoms with E-state index >= 15 is 4.79 Å². The Morgan fingerprint density at radius 3 is 2.05 bits per heavy atom. The molecule has 4 nitrogen and oxygen atoms in total. The van der Waals surface area contributed by atoms with E-state index in [0.717, 1.165) is 38.6 Å². The van der Waals surface area contributed by atoms with E-state index in [4.69, 9.17) is 9.47 Å². The zero-order valence-electron chi connectivity index (χ0n) is 23.1. The largest absolute Gasteiger partial charge is 0.496 e. The second-order valence-electron chi connectivity index (χ2n) is 10.3. The lowest BCUT2D eigenvalue weighted by atomic mass is 9.87. The fourth-order valence-corrected chi connectivity index (χ4v) is 7.40. The average Bonchev–Trinajstić information content (AvgIpc) is 3.21. The maximum atomic E-state index is 15.2. The molecule has 0 saturated heterocycles. The first kappa shape index (κ1) is 26.2. The van der Waals surface area contributed by atoms with Crippen LogP contribution < -0.4 is 9.64 Å². The first-order chi connectivity index (χ1) is 20.7. The highest BCUT2D eigenvalue weighted by atomic mass is 32.2. The van der Waals surface area contributed by atoms with Gasteiger partial charge in [0.1, 0.15) is 11.5 Å². The van der Waals surface area contributed by atoms with Gasteiger partial charge in [0.25, 0.3) is 5.91 Å². The van der Waals surface area contributed by atoms with Crippen molar-refractivity contribution in [3.8, 4) is 5.75 Å². The van der Waals surface area contributed by atoms with E-state index in [0.29, 0.717) is 17.8 Å². The van der Waals surface area contributed by atoms with Crippen LogP contribution in [0.5, 0.6) is 5.75 Å². The van der Waals surface area contributed by atoms with E-state index in [9.17, 15) is 0 Å². The van der Waals surface area contributed by atoms with Crippen LogP contribution in [0.4, 0.5) is 5.69 Å². The van der Waals surface area contributed by atoms with Gasteiger partial charge in [0.15, 0.2) is 0 Å². The Kier molecular flexibility index (Phi) is 6.80. The second kappa shape index (κ2) is 10.9. The van der Waals surface area contributed by atoms with Crippen LogP contribution in [0, 0.1) is 0 Å². The Morgan fingerprint density at radius 2 is 1.33 bits per heavy atom. The van der Waals surface area contributed by atoms with Crippen LogP contribution in [-0.4, -0.2) is 13.0 Å².